The van der Waals surface area contributed by atoms with Gasteiger partial charge in [0.15, 0.2) is 24.3 Å². The van der Waals surface area contributed by atoms with Crippen LogP contribution in [0.4, 0.5) is 0 Å². The molecule has 0 radical (unpaired) electrons. The number of rotatable bonds is 4. The monoisotopic (exact) mass is 287 g/mol. The van der Waals surface area contributed by atoms with Crippen molar-refractivity contribution >= 4 is 5.97 Å². The molecule has 2 aliphatic heterocycles. The molecule has 0 aromatic rings. The maximum atomic E-state index is 11.2. The molecule has 0 saturated carbocycles. The highest BCUT2D eigenvalue weighted by molar-refractivity contribution is 5.66. The summed E-state index contributed by atoms with van der Waals surface area (Å²) in [5.41, 5.74) is 8.50. The number of hydrogen-bond acceptors (Lipinski definition) is 7. The summed E-state index contributed by atoms with van der Waals surface area (Å²) < 4.78 is 22.0. The molecule has 2 heterocycles. The highest BCUT2D eigenvalue weighted by Gasteiger charge is 2.57. The van der Waals surface area contributed by atoms with Gasteiger partial charge in [0.05, 0.1) is 12.6 Å². The van der Waals surface area contributed by atoms with Crippen LogP contribution in [0.15, 0.2) is 5.11 Å². The summed E-state index contributed by atoms with van der Waals surface area (Å²) in [6, 6.07) is -0.884. The van der Waals surface area contributed by atoms with Gasteiger partial charge in [-0.25, -0.2) is 0 Å². The second-order valence-electron chi connectivity index (χ2n) is 5.10. The van der Waals surface area contributed by atoms with Crippen LogP contribution < -0.4 is 0 Å². The van der Waals surface area contributed by atoms with Crippen LogP contribution in [0.3, 0.4) is 0 Å². The highest BCUT2D eigenvalue weighted by Crippen LogP contribution is 2.40. The third kappa shape index (κ3) is 2.87. The fourth-order valence-electron chi connectivity index (χ4n) is 2.41. The van der Waals surface area contributed by atoms with E-state index in [9.17, 15) is 9.90 Å². The first-order valence-electron chi connectivity index (χ1n) is 6.21. The van der Waals surface area contributed by atoms with Gasteiger partial charge in [-0.1, -0.05) is 5.11 Å². The fourth-order valence-corrected chi connectivity index (χ4v) is 2.41. The van der Waals surface area contributed by atoms with Crippen molar-refractivity contribution in [2.24, 2.45) is 5.11 Å². The number of fused-ring (bicyclic) bond motifs is 1. The summed E-state index contributed by atoms with van der Waals surface area (Å²) in [6.45, 7) is 4.25. The van der Waals surface area contributed by atoms with Crippen LogP contribution in [-0.2, 0) is 23.7 Å². The van der Waals surface area contributed by atoms with Gasteiger partial charge in [-0.15, -0.1) is 0 Å². The minimum Gasteiger partial charge on any atom is -0.457 e. The Balaban J connectivity index is 2.21. The van der Waals surface area contributed by atoms with E-state index >= 15 is 0 Å². The van der Waals surface area contributed by atoms with Crippen molar-refractivity contribution in [1.82, 2.24) is 0 Å². The minimum absolute atomic E-state index is 0.435. The van der Waals surface area contributed by atoms with Crippen LogP contribution in [0.25, 0.3) is 10.4 Å². The Kier molecular flexibility index (Phi) is 4.17. The van der Waals surface area contributed by atoms with Gasteiger partial charge in [-0.05, 0) is 19.4 Å². The quantitative estimate of drug-likeness (QED) is 0.347. The van der Waals surface area contributed by atoms with Gasteiger partial charge in [-0.3, -0.25) is 4.79 Å². The molecule has 0 aliphatic carbocycles. The van der Waals surface area contributed by atoms with Gasteiger partial charge >= 0.3 is 5.97 Å². The van der Waals surface area contributed by atoms with Crippen LogP contribution in [0.5, 0.6) is 0 Å². The lowest BCUT2D eigenvalue weighted by Gasteiger charge is -2.27. The van der Waals surface area contributed by atoms with Gasteiger partial charge in [0.2, 0.25) is 0 Å². The Labute approximate surface area is 115 Å². The topological polar surface area (TPSA) is 123 Å². The zero-order chi connectivity index (χ0) is 14.9. The predicted octanol–water partition coefficient (Wildman–Crippen LogP) is 0.466. The number of azide groups is 1. The Bertz CT molecular complexity index is 436. The first-order chi connectivity index (χ1) is 9.38. The number of carbonyl (C=O) groups is 1. The van der Waals surface area contributed by atoms with Crippen LogP contribution >= 0.6 is 0 Å². The first kappa shape index (κ1) is 15.0. The van der Waals surface area contributed by atoms with Crippen molar-refractivity contribution in [3.63, 3.8) is 0 Å². The molecule has 5 atom stereocenters. The van der Waals surface area contributed by atoms with E-state index in [4.69, 9.17) is 24.5 Å². The average molecular weight is 287 g/mol. The van der Waals surface area contributed by atoms with Crippen molar-refractivity contribution in [3.05, 3.63) is 10.4 Å². The molecule has 0 bridgehead atoms. The van der Waals surface area contributed by atoms with Crippen molar-refractivity contribution < 1.29 is 28.8 Å². The standard InChI is InChI=1S/C11H17N3O6/c1-5(16)17-8-7(6(4-15)13-14-12)18-10-9(8)19-11(2,3)20-10/h6-10,15H,4H2,1-3H3/t6-,7+,8-,9+,10+/m1/s1. The van der Waals surface area contributed by atoms with Gasteiger partial charge < -0.3 is 24.1 Å². The molecule has 112 valence electrons. The minimum atomic E-state index is -0.884. The lowest BCUT2D eigenvalue weighted by molar-refractivity contribution is -0.221. The largest absolute Gasteiger partial charge is 0.457 e. The molecular formula is C11H17N3O6. The van der Waals surface area contributed by atoms with Crippen molar-refractivity contribution in [1.29, 1.82) is 0 Å². The molecule has 0 aromatic carbocycles. The molecule has 2 saturated heterocycles. The molecule has 0 amide bonds. The summed E-state index contributed by atoms with van der Waals surface area (Å²) in [6.07, 6.45) is -2.98. The second-order valence-corrected chi connectivity index (χ2v) is 5.10. The average Bonchev–Trinajstić information content (AvgIpc) is 2.80. The lowest BCUT2D eigenvalue weighted by atomic mass is 10.0. The van der Waals surface area contributed by atoms with E-state index in [1.54, 1.807) is 13.8 Å². The van der Waals surface area contributed by atoms with E-state index < -0.39 is 49.0 Å². The van der Waals surface area contributed by atoms with Crippen LogP contribution in [0, 0.1) is 0 Å². The maximum absolute atomic E-state index is 11.2. The smallest absolute Gasteiger partial charge is 0.303 e. The molecule has 20 heavy (non-hydrogen) atoms. The Morgan fingerprint density at radius 1 is 1.55 bits per heavy atom. The molecule has 0 aromatic heterocycles. The molecule has 2 rings (SSSR count). The zero-order valence-corrected chi connectivity index (χ0v) is 11.4. The number of esters is 1. The molecule has 9 heteroatoms. The molecule has 0 unspecified atom stereocenters. The first-order valence-corrected chi connectivity index (χ1v) is 6.21. The molecular weight excluding hydrogens is 270 g/mol. The van der Waals surface area contributed by atoms with Crippen molar-refractivity contribution in [2.45, 2.75) is 57.2 Å². The third-order valence-corrected chi connectivity index (χ3v) is 3.10. The number of hydrogen-bond donors (Lipinski definition) is 1. The third-order valence-electron chi connectivity index (χ3n) is 3.10. The maximum Gasteiger partial charge on any atom is 0.303 e. The second kappa shape index (κ2) is 5.55. The molecule has 1 N–H and O–H groups in total. The number of nitrogens with zero attached hydrogens (tertiary/aromatic N) is 3. The van der Waals surface area contributed by atoms with Crippen LogP contribution in [0.1, 0.15) is 20.8 Å². The summed E-state index contributed by atoms with van der Waals surface area (Å²) in [5.74, 6) is -1.37. The Morgan fingerprint density at radius 2 is 2.25 bits per heavy atom. The normalized spacial score (nSPS) is 36.0. The molecule has 2 fully saturated rings. The van der Waals surface area contributed by atoms with Crippen LogP contribution in [0.2, 0.25) is 0 Å². The van der Waals surface area contributed by atoms with Gasteiger partial charge in [0.25, 0.3) is 0 Å². The summed E-state index contributed by atoms with van der Waals surface area (Å²) in [5, 5.41) is 12.7. The summed E-state index contributed by atoms with van der Waals surface area (Å²) in [7, 11) is 0. The predicted molar refractivity (Wildman–Crippen MR) is 64.3 cm³/mol. The Hall–Kier alpha value is -1.38. The number of aliphatic hydroxyl groups excluding tert-OH is 1. The number of aliphatic hydroxyl groups is 1. The van der Waals surface area contributed by atoms with E-state index in [-0.39, 0.29) is 0 Å². The van der Waals surface area contributed by atoms with E-state index in [2.05, 4.69) is 10.0 Å². The lowest BCUT2D eigenvalue weighted by Crippen LogP contribution is -2.44. The molecule has 0 spiro atoms. The van der Waals surface area contributed by atoms with Gasteiger partial charge in [-0.2, -0.15) is 0 Å². The van der Waals surface area contributed by atoms with E-state index in [0.717, 1.165) is 0 Å². The molecule has 2 aliphatic rings. The summed E-state index contributed by atoms with van der Waals surface area (Å²) in [4.78, 5) is 13.9. The SMILES string of the molecule is CC(=O)O[C@H]1[C@@H]2OC(C)(C)O[C@@H]2O[C@H]1[C@@H](CO)N=[N+]=[N-]. The van der Waals surface area contributed by atoms with Crippen LogP contribution in [-0.4, -0.2) is 54.1 Å². The number of ether oxygens (including phenoxy) is 4. The van der Waals surface area contributed by atoms with E-state index in [1.165, 1.54) is 6.92 Å². The van der Waals surface area contributed by atoms with Gasteiger partial charge in [0.1, 0.15) is 6.10 Å². The fraction of sp³-hybridized carbons (Fsp3) is 0.909. The van der Waals surface area contributed by atoms with E-state index in [1.807, 2.05) is 0 Å². The van der Waals surface area contributed by atoms with Crippen molar-refractivity contribution in [3.8, 4) is 0 Å². The van der Waals surface area contributed by atoms with Gasteiger partial charge in [0, 0.05) is 11.8 Å². The van der Waals surface area contributed by atoms with Crippen molar-refractivity contribution in [2.75, 3.05) is 6.61 Å². The highest BCUT2D eigenvalue weighted by atomic mass is 16.8. The Morgan fingerprint density at radius 3 is 2.80 bits per heavy atom. The number of carbonyl (C=O) groups excluding carboxylic acids is 1. The molecule has 9 nitrogen and oxygen atoms in total. The zero-order valence-electron chi connectivity index (χ0n) is 11.4. The summed E-state index contributed by atoms with van der Waals surface area (Å²) >= 11 is 0. The van der Waals surface area contributed by atoms with E-state index in [0.29, 0.717) is 0 Å².